The van der Waals surface area contributed by atoms with Crippen molar-refractivity contribution in [1.29, 1.82) is 0 Å². The fourth-order valence-electron chi connectivity index (χ4n) is 1.80. The van der Waals surface area contributed by atoms with Crippen LogP contribution in [0.25, 0.3) is 0 Å². The summed E-state index contributed by atoms with van der Waals surface area (Å²) >= 11 is 0. The van der Waals surface area contributed by atoms with Gasteiger partial charge in [0.15, 0.2) is 0 Å². The lowest BCUT2D eigenvalue weighted by Gasteiger charge is -2.05. The third-order valence-corrected chi connectivity index (χ3v) is 2.72. The lowest BCUT2D eigenvalue weighted by Crippen LogP contribution is -2.16. The van der Waals surface area contributed by atoms with E-state index in [0.29, 0.717) is 11.4 Å². The molecule has 1 heterocycles. The zero-order valence-corrected chi connectivity index (χ0v) is 10.9. The number of anilines is 1. The summed E-state index contributed by atoms with van der Waals surface area (Å²) in [5, 5.41) is 13.5. The molecule has 1 aromatic carbocycles. The number of hydrogen-bond acceptors (Lipinski definition) is 4. The highest BCUT2D eigenvalue weighted by Crippen LogP contribution is 2.18. The molecule has 20 heavy (non-hydrogen) atoms. The van der Waals surface area contributed by atoms with Gasteiger partial charge in [-0.3, -0.25) is 14.9 Å². The normalized spacial score (nSPS) is 10.1. The number of rotatable bonds is 4. The van der Waals surface area contributed by atoms with Gasteiger partial charge in [-0.2, -0.15) is 0 Å². The third kappa shape index (κ3) is 3.38. The van der Waals surface area contributed by atoms with Gasteiger partial charge in [-0.05, 0) is 24.6 Å². The Hall–Kier alpha value is -2.76. The number of aromatic nitrogens is 1. The van der Waals surface area contributed by atoms with Crippen molar-refractivity contribution in [2.45, 2.75) is 13.3 Å². The van der Waals surface area contributed by atoms with Crippen LogP contribution in [0.3, 0.4) is 0 Å². The van der Waals surface area contributed by atoms with Gasteiger partial charge in [0.25, 0.3) is 5.69 Å². The van der Waals surface area contributed by atoms with Crippen LogP contribution < -0.4 is 5.32 Å². The Morgan fingerprint density at radius 2 is 2.10 bits per heavy atom. The predicted octanol–water partition coefficient (Wildman–Crippen LogP) is 2.48. The van der Waals surface area contributed by atoms with E-state index in [1.165, 1.54) is 6.07 Å². The Morgan fingerprint density at radius 1 is 1.35 bits per heavy atom. The van der Waals surface area contributed by atoms with Crippen LogP contribution in [-0.4, -0.2) is 15.8 Å². The molecule has 102 valence electrons. The Kier molecular flexibility index (Phi) is 4.05. The molecule has 0 fully saturated rings. The molecular weight excluding hydrogens is 258 g/mol. The van der Waals surface area contributed by atoms with Gasteiger partial charge in [-0.15, -0.1) is 0 Å². The number of carbonyl (C=O) groups is 1. The van der Waals surface area contributed by atoms with Gasteiger partial charge in [0.2, 0.25) is 5.91 Å². The highest BCUT2D eigenvalue weighted by molar-refractivity contribution is 5.92. The van der Waals surface area contributed by atoms with Crippen molar-refractivity contribution in [3.05, 3.63) is 63.8 Å². The highest BCUT2D eigenvalue weighted by atomic mass is 16.6. The number of aryl methyl sites for hydroxylation is 1. The zero-order valence-electron chi connectivity index (χ0n) is 10.9. The maximum atomic E-state index is 11.9. The lowest BCUT2D eigenvalue weighted by molar-refractivity contribution is -0.385. The number of nitro benzene ring substituents is 1. The lowest BCUT2D eigenvalue weighted by atomic mass is 10.1. The van der Waals surface area contributed by atoms with Crippen molar-refractivity contribution in [3.63, 3.8) is 0 Å². The number of nitrogens with zero attached hydrogens (tertiary/aromatic N) is 2. The van der Waals surface area contributed by atoms with Crippen LogP contribution in [0.1, 0.15) is 11.1 Å². The third-order valence-electron chi connectivity index (χ3n) is 2.72. The van der Waals surface area contributed by atoms with E-state index in [1.807, 2.05) is 13.0 Å². The molecule has 0 aliphatic rings. The van der Waals surface area contributed by atoms with Crippen LogP contribution in [0.15, 0.2) is 42.6 Å². The summed E-state index contributed by atoms with van der Waals surface area (Å²) in [7, 11) is 0. The van der Waals surface area contributed by atoms with E-state index in [4.69, 9.17) is 0 Å². The average Bonchev–Trinajstić information content (AvgIpc) is 2.38. The van der Waals surface area contributed by atoms with Crippen molar-refractivity contribution in [2.75, 3.05) is 5.32 Å². The van der Waals surface area contributed by atoms with Crippen molar-refractivity contribution >= 4 is 17.4 Å². The summed E-state index contributed by atoms with van der Waals surface area (Å²) in [6.45, 7) is 1.89. The fraction of sp³-hybridized carbons (Fsp3) is 0.143. The molecule has 0 saturated carbocycles. The van der Waals surface area contributed by atoms with E-state index in [9.17, 15) is 14.9 Å². The smallest absolute Gasteiger partial charge is 0.273 e. The van der Waals surface area contributed by atoms with Gasteiger partial charge in [0, 0.05) is 17.8 Å². The van der Waals surface area contributed by atoms with Crippen molar-refractivity contribution in [1.82, 2.24) is 4.98 Å². The molecular formula is C14H13N3O3. The summed E-state index contributed by atoms with van der Waals surface area (Å²) < 4.78 is 0. The second-order valence-corrected chi connectivity index (χ2v) is 4.33. The monoisotopic (exact) mass is 271 g/mol. The summed E-state index contributed by atoms with van der Waals surface area (Å²) in [5.74, 6) is 0.103. The summed E-state index contributed by atoms with van der Waals surface area (Å²) in [6.07, 6.45) is 1.53. The van der Waals surface area contributed by atoms with E-state index in [2.05, 4.69) is 10.3 Å². The molecule has 0 atom stereocenters. The van der Waals surface area contributed by atoms with Crippen LogP contribution >= 0.6 is 0 Å². The first-order valence-electron chi connectivity index (χ1n) is 6.01. The SMILES string of the molecule is Cc1ccnc(NC(=O)Cc2ccccc2[N+](=O)[O-])c1. The second kappa shape index (κ2) is 5.92. The first kappa shape index (κ1) is 13.7. The van der Waals surface area contributed by atoms with E-state index >= 15 is 0 Å². The minimum absolute atomic E-state index is 0.0557. The van der Waals surface area contributed by atoms with Crippen molar-refractivity contribution in [2.24, 2.45) is 0 Å². The molecule has 0 saturated heterocycles. The van der Waals surface area contributed by atoms with E-state index in [0.717, 1.165) is 5.56 Å². The Morgan fingerprint density at radius 3 is 2.80 bits per heavy atom. The van der Waals surface area contributed by atoms with Gasteiger partial charge in [-0.1, -0.05) is 18.2 Å². The molecule has 0 radical (unpaired) electrons. The predicted molar refractivity (Wildman–Crippen MR) is 74.4 cm³/mol. The molecule has 6 heteroatoms. The second-order valence-electron chi connectivity index (χ2n) is 4.33. The van der Waals surface area contributed by atoms with Gasteiger partial charge < -0.3 is 5.32 Å². The molecule has 1 N–H and O–H groups in total. The van der Waals surface area contributed by atoms with Crippen LogP contribution in [0, 0.1) is 17.0 Å². The van der Waals surface area contributed by atoms with Gasteiger partial charge in [-0.25, -0.2) is 4.98 Å². The minimum Gasteiger partial charge on any atom is -0.310 e. The number of nitrogens with one attached hydrogen (secondary N) is 1. The van der Waals surface area contributed by atoms with E-state index in [-0.39, 0.29) is 18.0 Å². The summed E-state index contributed by atoms with van der Waals surface area (Å²) in [5.41, 5.74) is 1.29. The maximum absolute atomic E-state index is 11.9. The maximum Gasteiger partial charge on any atom is 0.273 e. The molecule has 1 aromatic heterocycles. The van der Waals surface area contributed by atoms with Crippen LogP contribution in [-0.2, 0) is 11.2 Å². The van der Waals surface area contributed by atoms with Gasteiger partial charge in [0.1, 0.15) is 5.82 Å². The number of amides is 1. The quantitative estimate of drug-likeness (QED) is 0.683. The first-order chi connectivity index (χ1) is 9.56. The van der Waals surface area contributed by atoms with Gasteiger partial charge in [0.05, 0.1) is 11.3 Å². The molecule has 0 aliphatic carbocycles. The topological polar surface area (TPSA) is 85.1 Å². The van der Waals surface area contributed by atoms with Crippen LogP contribution in [0.5, 0.6) is 0 Å². The Balaban J connectivity index is 2.11. The number of pyridine rings is 1. The molecule has 0 spiro atoms. The molecule has 0 aliphatic heterocycles. The molecule has 1 amide bonds. The summed E-state index contributed by atoms with van der Waals surface area (Å²) in [6, 6.07) is 9.74. The molecule has 0 bridgehead atoms. The number of nitro groups is 1. The summed E-state index contributed by atoms with van der Waals surface area (Å²) in [4.78, 5) is 26.3. The highest BCUT2D eigenvalue weighted by Gasteiger charge is 2.15. The largest absolute Gasteiger partial charge is 0.310 e. The fourth-order valence-corrected chi connectivity index (χ4v) is 1.80. The minimum atomic E-state index is -0.493. The standard InChI is InChI=1S/C14H13N3O3/c1-10-6-7-15-13(8-10)16-14(18)9-11-4-2-3-5-12(11)17(19)20/h2-8H,9H2,1H3,(H,15,16,18). The number of hydrogen-bond donors (Lipinski definition) is 1. The van der Waals surface area contributed by atoms with Crippen LogP contribution in [0.4, 0.5) is 11.5 Å². The molecule has 2 aromatic rings. The zero-order chi connectivity index (χ0) is 14.5. The van der Waals surface area contributed by atoms with Gasteiger partial charge >= 0.3 is 0 Å². The Bertz CT molecular complexity index is 656. The first-order valence-corrected chi connectivity index (χ1v) is 6.01. The molecule has 6 nitrogen and oxygen atoms in total. The molecule has 2 rings (SSSR count). The van der Waals surface area contributed by atoms with Crippen molar-refractivity contribution < 1.29 is 9.72 Å². The number of para-hydroxylation sites is 1. The Labute approximate surface area is 115 Å². The van der Waals surface area contributed by atoms with E-state index in [1.54, 1.807) is 30.5 Å². The molecule has 0 unspecified atom stereocenters. The number of benzene rings is 1. The number of carbonyl (C=O) groups excluding carboxylic acids is 1. The average molecular weight is 271 g/mol. The van der Waals surface area contributed by atoms with E-state index < -0.39 is 4.92 Å². The van der Waals surface area contributed by atoms with Crippen molar-refractivity contribution in [3.8, 4) is 0 Å². The van der Waals surface area contributed by atoms with Crippen LogP contribution in [0.2, 0.25) is 0 Å².